The van der Waals surface area contributed by atoms with E-state index in [4.69, 9.17) is 13.7 Å². The zero-order valence-corrected chi connectivity index (χ0v) is 44.3. The van der Waals surface area contributed by atoms with Crippen LogP contribution in [0.15, 0.2) is 147 Å². The second-order valence-corrected chi connectivity index (χ2v) is 20.0. The van der Waals surface area contributed by atoms with E-state index < -0.39 is 92.7 Å². The number of nitrogens with zero attached hydrogens (tertiary/aromatic N) is 6. The monoisotopic (exact) mass is 1060 g/mol. The van der Waals surface area contributed by atoms with E-state index in [0.717, 1.165) is 0 Å². The van der Waals surface area contributed by atoms with Crippen molar-refractivity contribution in [2.75, 3.05) is 0 Å². The molecule has 24 heteroatoms. The normalized spacial score (nSPS) is 14.8. The number of carbonyl (C=O) groups is 6. The van der Waals surface area contributed by atoms with Crippen LogP contribution in [0.5, 0.6) is 0 Å². The largest absolute Gasteiger partial charge is 0.453 e. The summed E-state index contributed by atoms with van der Waals surface area (Å²) in [5, 5.41) is 17.8. The van der Waals surface area contributed by atoms with Crippen LogP contribution in [0.1, 0.15) is 127 Å². The van der Waals surface area contributed by atoms with Crippen LogP contribution >= 0.6 is 0 Å². The van der Waals surface area contributed by atoms with Gasteiger partial charge in [0.05, 0.1) is 36.4 Å². The molecule has 0 bridgehead atoms. The van der Waals surface area contributed by atoms with Gasteiger partial charge < -0.3 is 45.6 Å². The molecule has 4 heterocycles. The lowest BCUT2D eigenvalue weighted by atomic mass is 9.58. The maximum Gasteiger partial charge on any atom is 0.453 e. The SMILES string of the molecule is CC(C)C[C@H](NC(=O)[C@@H](NC(=O)c1cnccn1)c1ccccc1)B1OB([C@H](CC(C)C)NC(=O)[C@@H](NC(=O)c2cnccn2)c2ccccc2)OB([C@@H](CC(C)C)NC(=O)[C@H](NC(=O)c2cnccn2)c2ccccc2)O1. The van der Waals surface area contributed by atoms with Crippen LogP contribution < -0.4 is 31.9 Å². The molecule has 0 spiro atoms. The van der Waals surface area contributed by atoms with Crippen LogP contribution in [-0.2, 0) is 28.1 Å². The highest BCUT2D eigenvalue weighted by molar-refractivity contribution is 6.75. The molecule has 1 fully saturated rings. The van der Waals surface area contributed by atoms with Gasteiger partial charge in [0.25, 0.3) is 17.7 Å². The lowest BCUT2D eigenvalue weighted by Gasteiger charge is -2.41. The number of carbonyl (C=O) groups excluding carboxylic acids is 6. The summed E-state index contributed by atoms with van der Waals surface area (Å²) >= 11 is 0. The maximum absolute atomic E-state index is 14.9. The lowest BCUT2D eigenvalue weighted by molar-refractivity contribution is -0.124. The average Bonchev–Trinajstić information content (AvgIpc) is 3.47. The van der Waals surface area contributed by atoms with Gasteiger partial charge in [0, 0.05) is 37.2 Å². The van der Waals surface area contributed by atoms with Crippen LogP contribution in [-0.4, -0.2) is 105 Å². The fourth-order valence-corrected chi connectivity index (χ4v) is 8.80. The summed E-state index contributed by atoms with van der Waals surface area (Å²) in [6.45, 7) is 11.7. The highest BCUT2D eigenvalue weighted by Gasteiger charge is 2.52. The number of benzene rings is 3. The molecule has 78 heavy (non-hydrogen) atoms. The number of rotatable bonds is 24. The molecule has 0 aliphatic carbocycles. The Hall–Kier alpha value is -8.21. The zero-order chi connectivity index (χ0) is 55.6. The van der Waals surface area contributed by atoms with Gasteiger partial charge in [0.15, 0.2) is 0 Å². The van der Waals surface area contributed by atoms with E-state index in [-0.39, 0.29) is 54.1 Å². The Morgan fingerprint density at radius 2 is 0.641 bits per heavy atom. The van der Waals surface area contributed by atoms with Crippen molar-refractivity contribution in [3.63, 3.8) is 0 Å². The van der Waals surface area contributed by atoms with Crippen LogP contribution in [0.3, 0.4) is 0 Å². The molecule has 0 unspecified atom stereocenters. The van der Waals surface area contributed by atoms with Crippen molar-refractivity contribution >= 4 is 56.8 Å². The number of amides is 6. The smallest absolute Gasteiger partial charge is 0.450 e. The van der Waals surface area contributed by atoms with Gasteiger partial charge in [0.1, 0.15) is 35.2 Å². The van der Waals surface area contributed by atoms with Crippen molar-refractivity contribution in [3.8, 4) is 0 Å². The molecule has 3 aromatic carbocycles. The third-order valence-electron chi connectivity index (χ3n) is 12.3. The zero-order valence-electron chi connectivity index (χ0n) is 44.3. The number of hydrogen-bond donors (Lipinski definition) is 6. The van der Waals surface area contributed by atoms with Crippen LogP contribution in [0.4, 0.5) is 0 Å². The quantitative estimate of drug-likeness (QED) is 0.0452. The Kier molecular flexibility index (Phi) is 20.8. The Bertz CT molecular complexity index is 2580. The fourth-order valence-electron chi connectivity index (χ4n) is 8.80. The number of aromatic nitrogens is 6. The van der Waals surface area contributed by atoms with Gasteiger partial charge in [-0.15, -0.1) is 0 Å². The molecule has 1 aliphatic rings. The van der Waals surface area contributed by atoms with Gasteiger partial charge in [-0.3, -0.25) is 43.7 Å². The number of nitrogens with one attached hydrogen (secondary N) is 6. The number of hydrogen-bond acceptors (Lipinski definition) is 15. The van der Waals surface area contributed by atoms with Crippen LogP contribution in [0.2, 0.25) is 0 Å². The molecule has 6 N–H and O–H groups in total. The maximum atomic E-state index is 14.9. The van der Waals surface area contributed by atoms with Crippen molar-refractivity contribution in [3.05, 3.63) is 181 Å². The minimum Gasteiger partial charge on any atom is -0.450 e. The third kappa shape index (κ3) is 16.4. The van der Waals surface area contributed by atoms with Gasteiger partial charge in [-0.2, -0.15) is 0 Å². The van der Waals surface area contributed by atoms with Crippen molar-refractivity contribution in [2.24, 2.45) is 17.8 Å². The summed E-state index contributed by atoms with van der Waals surface area (Å²) in [4.78, 5) is 110. The third-order valence-corrected chi connectivity index (χ3v) is 12.3. The van der Waals surface area contributed by atoms with Crippen molar-refractivity contribution < 1.29 is 42.5 Å². The Morgan fingerprint density at radius 3 is 0.859 bits per heavy atom. The molecule has 7 rings (SSSR count). The standard InChI is InChI=1S/C54H63B3N12O9/c1-34(2)28-43(64-52(73)46(37-16-10-7-11-17-37)67-49(70)40-31-58-22-25-61-40)55-76-56(44(29-35(3)4)65-53(74)47(38-18-12-8-13-19-38)68-50(71)41-32-59-23-26-62-41)78-57(77-55)45(30-36(5)6)66-54(75)48(39-20-14-9-15-21-39)69-51(72)42-33-60-24-27-63-42/h7-27,31-36,43-48H,28-30H2,1-6H3,(H,64,73)(H,65,74)(H,66,75)(H,67,70)(H,68,71)(H,69,72)/t43-,44-,45+,46-,47-,48+/m0/s1. The molecule has 6 amide bonds. The van der Waals surface area contributed by atoms with Gasteiger partial charge in [0.2, 0.25) is 17.7 Å². The topological polar surface area (TPSA) is 280 Å². The van der Waals surface area contributed by atoms with E-state index in [9.17, 15) is 28.8 Å². The molecule has 402 valence electrons. The molecule has 3 aromatic heterocycles. The van der Waals surface area contributed by atoms with E-state index in [2.05, 4.69) is 61.8 Å². The molecule has 21 nitrogen and oxygen atoms in total. The highest BCUT2D eigenvalue weighted by Crippen LogP contribution is 2.26. The summed E-state index contributed by atoms with van der Waals surface area (Å²) in [5.41, 5.74) is 1.39. The van der Waals surface area contributed by atoms with Gasteiger partial charge in [-0.1, -0.05) is 133 Å². The van der Waals surface area contributed by atoms with Gasteiger partial charge in [-0.05, 0) is 53.7 Å². The van der Waals surface area contributed by atoms with E-state index >= 15 is 0 Å². The highest BCUT2D eigenvalue weighted by atomic mass is 16.7. The first-order valence-electron chi connectivity index (χ1n) is 25.9. The van der Waals surface area contributed by atoms with E-state index in [0.29, 0.717) is 16.7 Å². The summed E-state index contributed by atoms with van der Waals surface area (Å²) in [6, 6.07) is 22.4. The summed E-state index contributed by atoms with van der Waals surface area (Å²) in [7, 11) is -3.98. The van der Waals surface area contributed by atoms with Gasteiger partial charge in [-0.25, -0.2) is 15.0 Å². The summed E-state index contributed by atoms with van der Waals surface area (Å²) < 4.78 is 20.5. The molecule has 6 atom stereocenters. The predicted octanol–water partition coefficient (Wildman–Crippen LogP) is 4.61. The second-order valence-electron chi connectivity index (χ2n) is 20.0. The first-order chi connectivity index (χ1) is 37.6. The molecule has 1 saturated heterocycles. The van der Waals surface area contributed by atoms with E-state index in [1.165, 1.54) is 55.8 Å². The van der Waals surface area contributed by atoms with Crippen molar-refractivity contribution in [1.29, 1.82) is 0 Å². The molecule has 0 saturated carbocycles. The van der Waals surface area contributed by atoms with E-state index in [1.807, 2.05) is 41.5 Å². The molecular formula is C54H63B3N12O9. The van der Waals surface area contributed by atoms with Crippen LogP contribution in [0.25, 0.3) is 0 Å². The predicted molar refractivity (Wildman–Crippen MR) is 291 cm³/mol. The minimum atomic E-state index is -1.33. The summed E-state index contributed by atoms with van der Waals surface area (Å²) in [6.07, 6.45) is 13.1. The van der Waals surface area contributed by atoms with E-state index in [1.54, 1.807) is 91.0 Å². The van der Waals surface area contributed by atoms with Crippen molar-refractivity contribution in [1.82, 2.24) is 61.8 Å². The van der Waals surface area contributed by atoms with Gasteiger partial charge >= 0.3 is 21.4 Å². The fraction of sp³-hybridized carbons (Fsp3) is 0.333. The Morgan fingerprint density at radius 1 is 0.385 bits per heavy atom. The molecule has 1 aliphatic heterocycles. The molecular weight excluding hydrogens is 993 g/mol. The first kappa shape index (κ1) is 57.5. The second kappa shape index (κ2) is 28.3. The first-order valence-corrected chi connectivity index (χ1v) is 25.9. The Labute approximate surface area is 454 Å². The Balaban J connectivity index is 1.27. The lowest BCUT2D eigenvalue weighted by Crippen LogP contribution is -2.68. The molecule has 6 aromatic rings. The minimum absolute atomic E-state index is 0.00570. The molecule has 0 radical (unpaired) electrons. The van der Waals surface area contributed by atoms with Crippen molar-refractivity contribution in [2.45, 2.75) is 96.8 Å². The summed E-state index contributed by atoms with van der Waals surface area (Å²) in [5.74, 6) is -6.88. The average molecular weight is 1060 g/mol. The van der Waals surface area contributed by atoms with Crippen LogP contribution in [0, 0.1) is 17.8 Å².